The van der Waals surface area contributed by atoms with E-state index in [4.69, 9.17) is 11.6 Å². The number of hydrogen-bond acceptors (Lipinski definition) is 2. The molecule has 2 N–H and O–H groups in total. The SMILES string of the molecule is C=CCNC(=O)[C@H](C)NC(=O)c1ccccc1Cl. The number of hydrogen-bond donors (Lipinski definition) is 2. The fourth-order valence-corrected chi connectivity index (χ4v) is 1.53. The Balaban J connectivity index is 2.62. The summed E-state index contributed by atoms with van der Waals surface area (Å²) in [4.78, 5) is 23.4. The molecular formula is C13H15ClN2O2. The predicted molar refractivity (Wildman–Crippen MR) is 71.6 cm³/mol. The van der Waals surface area contributed by atoms with Crippen LogP contribution in [0.4, 0.5) is 0 Å². The van der Waals surface area contributed by atoms with Crippen molar-refractivity contribution >= 4 is 23.4 Å². The van der Waals surface area contributed by atoms with Gasteiger partial charge in [-0.2, -0.15) is 0 Å². The Morgan fingerprint density at radius 3 is 2.72 bits per heavy atom. The molecule has 0 fully saturated rings. The number of nitrogens with one attached hydrogen (secondary N) is 2. The maximum atomic E-state index is 11.9. The van der Waals surface area contributed by atoms with Gasteiger partial charge in [0.1, 0.15) is 6.04 Å². The van der Waals surface area contributed by atoms with E-state index in [1.54, 1.807) is 37.3 Å². The molecule has 0 aliphatic heterocycles. The molecule has 0 aliphatic carbocycles. The first-order valence-corrected chi connectivity index (χ1v) is 5.88. The summed E-state index contributed by atoms with van der Waals surface area (Å²) in [5, 5.41) is 5.53. The summed E-state index contributed by atoms with van der Waals surface area (Å²) in [5.41, 5.74) is 0.350. The van der Waals surface area contributed by atoms with Crippen LogP contribution in [-0.2, 0) is 4.79 Å². The largest absolute Gasteiger partial charge is 0.351 e. The molecule has 1 rings (SSSR count). The lowest BCUT2D eigenvalue weighted by Crippen LogP contribution is -2.44. The van der Waals surface area contributed by atoms with Crippen molar-refractivity contribution in [2.24, 2.45) is 0 Å². The summed E-state index contributed by atoms with van der Waals surface area (Å²) in [6.07, 6.45) is 1.57. The second-order valence-electron chi connectivity index (χ2n) is 3.71. The molecule has 0 bridgehead atoms. The number of amides is 2. The molecule has 96 valence electrons. The van der Waals surface area contributed by atoms with Crippen molar-refractivity contribution in [3.8, 4) is 0 Å². The average molecular weight is 267 g/mol. The van der Waals surface area contributed by atoms with Gasteiger partial charge >= 0.3 is 0 Å². The minimum absolute atomic E-state index is 0.268. The highest BCUT2D eigenvalue weighted by Gasteiger charge is 2.17. The van der Waals surface area contributed by atoms with Gasteiger partial charge in [0.05, 0.1) is 10.6 Å². The third-order valence-electron chi connectivity index (χ3n) is 2.28. The Labute approximate surface area is 111 Å². The van der Waals surface area contributed by atoms with Crippen LogP contribution in [0.5, 0.6) is 0 Å². The van der Waals surface area contributed by atoms with E-state index in [0.29, 0.717) is 17.1 Å². The van der Waals surface area contributed by atoms with Crippen molar-refractivity contribution in [2.75, 3.05) is 6.54 Å². The molecule has 0 aromatic heterocycles. The van der Waals surface area contributed by atoms with Crippen molar-refractivity contribution in [3.05, 3.63) is 47.5 Å². The van der Waals surface area contributed by atoms with E-state index in [9.17, 15) is 9.59 Å². The van der Waals surface area contributed by atoms with Crippen LogP contribution in [0.3, 0.4) is 0 Å². The monoisotopic (exact) mass is 266 g/mol. The zero-order valence-corrected chi connectivity index (χ0v) is 10.8. The molecular weight excluding hydrogens is 252 g/mol. The topological polar surface area (TPSA) is 58.2 Å². The lowest BCUT2D eigenvalue weighted by molar-refractivity contribution is -0.122. The van der Waals surface area contributed by atoms with Gasteiger partial charge in [-0.1, -0.05) is 29.8 Å². The molecule has 0 radical (unpaired) electrons. The van der Waals surface area contributed by atoms with Gasteiger partial charge in [-0.05, 0) is 19.1 Å². The molecule has 1 aromatic carbocycles. The van der Waals surface area contributed by atoms with Crippen LogP contribution in [-0.4, -0.2) is 24.4 Å². The number of carbonyl (C=O) groups excluding carboxylic acids is 2. The van der Waals surface area contributed by atoms with Crippen LogP contribution in [0.1, 0.15) is 17.3 Å². The fourth-order valence-electron chi connectivity index (χ4n) is 1.31. The van der Waals surface area contributed by atoms with Crippen molar-refractivity contribution in [3.63, 3.8) is 0 Å². The van der Waals surface area contributed by atoms with Crippen LogP contribution < -0.4 is 10.6 Å². The minimum atomic E-state index is -0.631. The summed E-state index contributed by atoms with van der Waals surface area (Å²) in [5.74, 6) is -0.642. The maximum Gasteiger partial charge on any atom is 0.253 e. The number of halogens is 1. The smallest absolute Gasteiger partial charge is 0.253 e. The normalized spacial score (nSPS) is 11.4. The van der Waals surface area contributed by atoms with E-state index < -0.39 is 6.04 Å². The van der Waals surface area contributed by atoms with Crippen LogP contribution in [0.2, 0.25) is 5.02 Å². The third kappa shape index (κ3) is 3.89. The van der Waals surface area contributed by atoms with Gasteiger partial charge in [-0.15, -0.1) is 6.58 Å². The molecule has 4 nitrogen and oxygen atoms in total. The standard InChI is InChI=1S/C13H15ClN2O2/c1-3-8-15-12(17)9(2)16-13(18)10-6-4-5-7-11(10)14/h3-7,9H,1,8H2,2H3,(H,15,17)(H,16,18)/t9-/m0/s1. The highest BCUT2D eigenvalue weighted by Crippen LogP contribution is 2.14. The fraction of sp³-hybridized carbons (Fsp3) is 0.231. The highest BCUT2D eigenvalue weighted by atomic mass is 35.5. The van der Waals surface area contributed by atoms with Gasteiger partial charge in [0, 0.05) is 6.54 Å². The molecule has 0 unspecified atom stereocenters. The zero-order chi connectivity index (χ0) is 13.5. The van der Waals surface area contributed by atoms with Gasteiger partial charge in [0.25, 0.3) is 5.91 Å². The van der Waals surface area contributed by atoms with E-state index in [-0.39, 0.29) is 11.8 Å². The Morgan fingerprint density at radius 2 is 2.11 bits per heavy atom. The van der Waals surface area contributed by atoms with E-state index in [0.717, 1.165) is 0 Å². The second kappa shape index (κ2) is 6.81. The molecule has 5 heteroatoms. The zero-order valence-electron chi connectivity index (χ0n) is 10.1. The van der Waals surface area contributed by atoms with Crippen LogP contribution >= 0.6 is 11.6 Å². The van der Waals surface area contributed by atoms with Crippen LogP contribution in [0, 0.1) is 0 Å². The molecule has 1 aromatic rings. The van der Waals surface area contributed by atoms with Crippen LogP contribution in [0.25, 0.3) is 0 Å². The van der Waals surface area contributed by atoms with E-state index in [1.165, 1.54) is 0 Å². The maximum absolute atomic E-state index is 11.9. The summed E-state index contributed by atoms with van der Waals surface area (Å²) in [6, 6.07) is 6.04. The summed E-state index contributed by atoms with van der Waals surface area (Å²) in [6.45, 7) is 5.46. The number of carbonyl (C=O) groups is 2. The quantitative estimate of drug-likeness (QED) is 0.798. The van der Waals surface area contributed by atoms with Gasteiger partial charge in [-0.25, -0.2) is 0 Å². The Bertz CT molecular complexity index is 460. The summed E-state index contributed by atoms with van der Waals surface area (Å²) < 4.78 is 0. The van der Waals surface area contributed by atoms with Crippen LogP contribution in [0.15, 0.2) is 36.9 Å². The summed E-state index contributed by atoms with van der Waals surface area (Å²) >= 11 is 5.89. The van der Waals surface area contributed by atoms with Crippen molar-refractivity contribution in [2.45, 2.75) is 13.0 Å². The lowest BCUT2D eigenvalue weighted by Gasteiger charge is -2.13. The van der Waals surface area contributed by atoms with Crippen molar-refractivity contribution < 1.29 is 9.59 Å². The van der Waals surface area contributed by atoms with Gasteiger partial charge in [0.15, 0.2) is 0 Å². The Morgan fingerprint density at radius 1 is 1.44 bits per heavy atom. The highest BCUT2D eigenvalue weighted by molar-refractivity contribution is 6.33. The van der Waals surface area contributed by atoms with Gasteiger partial charge < -0.3 is 10.6 Å². The molecule has 18 heavy (non-hydrogen) atoms. The number of rotatable bonds is 5. The Hall–Kier alpha value is -1.81. The summed E-state index contributed by atoms with van der Waals surface area (Å²) in [7, 11) is 0. The van der Waals surface area contributed by atoms with Crippen molar-refractivity contribution in [1.29, 1.82) is 0 Å². The van der Waals surface area contributed by atoms with Gasteiger partial charge in [-0.3, -0.25) is 9.59 Å². The van der Waals surface area contributed by atoms with E-state index in [1.807, 2.05) is 0 Å². The number of benzene rings is 1. The first-order chi connectivity index (χ1) is 8.56. The third-order valence-corrected chi connectivity index (χ3v) is 2.61. The molecule has 1 atom stereocenters. The molecule has 0 spiro atoms. The minimum Gasteiger partial charge on any atom is -0.351 e. The second-order valence-corrected chi connectivity index (χ2v) is 4.12. The van der Waals surface area contributed by atoms with Gasteiger partial charge in [0.2, 0.25) is 5.91 Å². The lowest BCUT2D eigenvalue weighted by atomic mass is 10.2. The average Bonchev–Trinajstić information content (AvgIpc) is 2.36. The molecule has 0 aliphatic rings. The van der Waals surface area contributed by atoms with Crippen molar-refractivity contribution in [1.82, 2.24) is 10.6 Å². The first kappa shape index (κ1) is 14.3. The Kier molecular flexibility index (Phi) is 5.39. The first-order valence-electron chi connectivity index (χ1n) is 5.50. The molecule has 0 saturated heterocycles. The van der Waals surface area contributed by atoms with E-state index >= 15 is 0 Å². The molecule has 0 heterocycles. The predicted octanol–water partition coefficient (Wildman–Crippen LogP) is 1.76. The molecule has 0 saturated carbocycles. The van der Waals surface area contributed by atoms with E-state index in [2.05, 4.69) is 17.2 Å². The molecule has 2 amide bonds.